The van der Waals surface area contributed by atoms with Crippen LogP contribution in [-0.2, 0) is 16.0 Å². The minimum Gasteiger partial charge on any atom is -0.493 e. The highest BCUT2D eigenvalue weighted by molar-refractivity contribution is 5.94. The molecule has 4 N–H and O–H groups in total. The monoisotopic (exact) mass is 416 g/mol. The third-order valence-electron chi connectivity index (χ3n) is 4.40. The SMILES string of the molecule is CN=C(NCC(Cc1ccc(F)cc1)C(N)=O)Nc1cccc(OCCCOC)c1. The van der Waals surface area contributed by atoms with Crippen molar-refractivity contribution in [2.75, 3.05) is 39.2 Å². The zero-order valence-corrected chi connectivity index (χ0v) is 17.4. The van der Waals surface area contributed by atoms with Crippen molar-refractivity contribution in [3.63, 3.8) is 0 Å². The smallest absolute Gasteiger partial charge is 0.222 e. The number of benzene rings is 2. The molecule has 2 aromatic carbocycles. The molecule has 2 rings (SSSR count). The summed E-state index contributed by atoms with van der Waals surface area (Å²) in [4.78, 5) is 16.0. The molecule has 0 heterocycles. The van der Waals surface area contributed by atoms with Crippen molar-refractivity contribution >= 4 is 17.6 Å². The van der Waals surface area contributed by atoms with Crippen LogP contribution in [0.15, 0.2) is 53.5 Å². The van der Waals surface area contributed by atoms with Gasteiger partial charge in [0.1, 0.15) is 11.6 Å². The van der Waals surface area contributed by atoms with Gasteiger partial charge in [0.2, 0.25) is 5.91 Å². The maximum atomic E-state index is 13.1. The highest BCUT2D eigenvalue weighted by Gasteiger charge is 2.17. The van der Waals surface area contributed by atoms with Gasteiger partial charge in [-0.15, -0.1) is 0 Å². The van der Waals surface area contributed by atoms with Crippen molar-refractivity contribution in [2.45, 2.75) is 12.8 Å². The summed E-state index contributed by atoms with van der Waals surface area (Å²) in [5, 5.41) is 6.29. The standard InChI is InChI=1S/C22H29FN4O3/c1-25-22(27-19-5-3-6-20(14-19)30-12-4-11-29-2)26-15-17(21(24)28)13-16-7-9-18(23)10-8-16/h3,5-10,14,17H,4,11-13,15H2,1-2H3,(H2,24,28)(H2,25,26,27). The van der Waals surface area contributed by atoms with E-state index < -0.39 is 11.8 Å². The fourth-order valence-electron chi connectivity index (χ4n) is 2.77. The Bertz CT molecular complexity index is 827. The van der Waals surface area contributed by atoms with Gasteiger partial charge in [-0.3, -0.25) is 9.79 Å². The van der Waals surface area contributed by atoms with Gasteiger partial charge in [-0.1, -0.05) is 18.2 Å². The number of carbonyl (C=O) groups is 1. The van der Waals surface area contributed by atoms with Crippen LogP contribution in [0.3, 0.4) is 0 Å². The second-order valence-electron chi connectivity index (χ2n) is 6.73. The number of rotatable bonds is 11. The van der Waals surface area contributed by atoms with E-state index in [1.54, 1.807) is 26.3 Å². The minimum absolute atomic E-state index is 0.291. The molecule has 0 spiro atoms. The molecule has 1 amide bonds. The molecule has 0 saturated heterocycles. The summed E-state index contributed by atoms with van der Waals surface area (Å²) in [6.45, 7) is 1.50. The normalized spacial score (nSPS) is 12.3. The summed E-state index contributed by atoms with van der Waals surface area (Å²) in [6.07, 6.45) is 1.21. The van der Waals surface area contributed by atoms with E-state index in [9.17, 15) is 9.18 Å². The highest BCUT2D eigenvalue weighted by Crippen LogP contribution is 2.17. The average Bonchev–Trinajstić information content (AvgIpc) is 2.74. The maximum absolute atomic E-state index is 13.1. The molecule has 0 aromatic heterocycles. The first-order valence-electron chi connectivity index (χ1n) is 9.75. The molecule has 1 unspecified atom stereocenters. The largest absolute Gasteiger partial charge is 0.493 e. The van der Waals surface area contributed by atoms with Crippen molar-refractivity contribution in [1.82, 2.24) is 5.32 Å². The first kappa shape index (κ1) is 23.2. The zero-order chi connectivity index (χ0) is 21.8. The van der Waals surface area contributed by atoms with Crippen LogP contribution in [0.25, 0.3) is 0 Å². The number of halogens is 1. The first-order valence-corrected chi connectivity index (χ1v) is 9.75. The van der Waals surface area contributed by atoms with Crippen molar-refractivity contribution in [3.8, 4) is 5.75 Å². The molecule has 1 atom stereocenters. The Balaban J connectivity index is 1.91. The molecule has 0 aliphatic rings. The van der Waals surface area contributed by atoms with E-state index in [1.807, 2.05) is 24.3 Å². The summed E-state index contributed by atoms with van der Waals surface area (Å²) in [5.41, 5.74) is 7.17. The Kier molecular flexibility index (Phi) is 9.60. The summed E-state index contributed by atoms with van der Waals surface area (Å²) in [6, 6.07) is 13.5. The number of carbonyl (C=O) groups excluding carboxylic acids is 1. The quantitative estimate of drug-likeness (QED) is 0.297. The van der Waals surface area contributed by atoms with E-state index in [4.69, 9.17) is 15.2 Å². The van der Waals surface area contributed by atoms with Crippen molar-refractivity contribution in [3.05, 3.63) is 59.9 Å². The number of primary amides is 1. The van der Waals surface area contributed by atoms with Gasteiger partial charge in [-0.25, -0.2) is 4.39 Å². The predicted octanol–water partition coefficient (Wildman–Crippen LogP) is 2.57. The van der Waals surface area contributed by atoms with E-state index in [0.717, 1.165) is 23.4 Å². The lowest BCUT2D eigenvalue weighted by atomic mass is 9.98. The summed E-state index contributed by atoms with van der Waals surface area (Å²) >= 11 is 0. The number of hydrogen-bond acceptors (Lipinski definition) is 4. The highest BCUT2D eigenvalue weighted by atomic mass is 19.1. The van der Waals surface area contributed by atoms with Gasteiger partial charge in [-0.2, -0.15) is 0 Å². The fourth-order valence-corrected chi connectivity index (χ4v) is 2.77. The second kappa shape index (κ2) is 12.4. The number of guanidine groups is 1. The van der Waals surface area contributed by atoms with Crippen LogP contribution >= 0.6 is 0 Å². The molecule has 0 aliphatic carbocycles. The lowest BCUT2D eigenvalue weighted by Crippen LogP contribution is -2.40. The molecule has 30 heavy (non-hydrogen) atoms. The van der Waals surface area contributed by atoms with E-state index >= 15 is 0 Å². The van der Waals surface area contributed by atoms with E-state index in [1.165, 1.54) is 12.1 Å². The van der Waals surface area contributed by atoms with Crippen LogP contribution in [0.4, 0.5) is 10.1 Å². The third-order valence-corrected chi connectivity index (χ3v) is 4.40. The summed E-state index contributed by atoms with van der Waals surface area (Å²) in [5.74, 6) is 0.00924. The van der Waals surface area contributed by atoms with Gasteiger partial charge in [0.15, 0.2) is 5.96 Å². The molecule has 0 aliphatic heterocycles. The third kappa shape index (κ3) is 8.08. The first-order chi connectivity index (χ1) is 14.5. The molecule has 162 valence electrons. The Morgan fingerprint density at radius 3 is 2.63 bits per heavy atom. The Labute approximate surface area is 176 Å². The van der Waals surface area contributed by atoms with E-state index in [-0.39, 0.29) is 5.82 Å². The van der Waals surface area contributed by atoms with Crippen LogP contribution in [-0.4, -0.2) is 45.8 Å². The number of hydrogen-bond donors (Lipinski definition) is 3. The van der Waals surface area contributed by atoms with Crippen LogP contribution in [0, 0.1) is 11.7 Å². The predicted molar refractivity (Wildman–Crippen MR) is 116 cm³/mol. The second-order valence-corrected chi connectivity index (χ2v) is 6.73. The number of anilines is 1. The topological polar surface area (TPSA) is 98.0 Å². The van der Waals surface area contributed by atoms with Crippen LogP contribution < -0.4 is 21.1 Å². The lowest BCUT2D eigenvalue weighted by molar-refractivity contribution is -0.121. The van der Waals surface area contributed by atoms with Crippen molar-refractivity contribution in [2.24, 2.45) is 16.6 Å². The Morgan fingerprint density at radius 1 is 1.20 bits per heavy atom. The summed E-state index contributed by atoms with van der Waals surface area (Å²) in [7, 11) is 3.30. The Hall–Kier alpha value is -3.13. The molecule has 2 aromatic rings. The van der Waals surface area contributed by atoms with E-state index in [0.29, 0.717) is 32.1 Å². The molecular weight excluding hydrogens is 387 g/mol. The molecule has 7 nitrogen and oxygen atoms in total. The number of amides is 1. The fraction of sp³-hybridized carbons (Fsp3) is 0.364. The summed E-state index contributed by atoms with van der Waals surface area (Å²) < 4.78 is 23.8. The molecule has 0 saturated carbocycles. The number of aliphatic imine (C=N–C) groups is 1. The molecular formula is C22H29FN4O3. The number of ether oxygens (including phenoxy) is 2. The van der Waals surface area contributed by atoms with Gasteiger partial charge in [0, 0.05) is 45.5 Å². The van der Waals surface area contributed by atoms with Gasteiger partial charge in [0.05, 0.1) is 12.5 Å². The van der Waals surface area contributed by atoms with Crippen LogP contribution in [0.5, 0.6) is 5.75 Å². The number of nitrogens with zero attached hydrogens (tertiary/aromatic N) is 1. The van der Waals surface area contributed by atoms with Crippen LogP contribution in [0.2, 0.25) is 0 Å². The van der Waals surface area contributed by atoms with Gasteiger partial charge in [-0.05, 0) is 36.2 Å². The average molecular weight is 416 g/mol. The van der Waals surface area contributed by atoms with Gasteiger partial charge < -0.3 is 25.8 Å². The Morgan fingerprint density at radius 2 is 1.97 bits per heavy atom. The minimum atomic E-state index is -0.468. The zero-order valence-electron chi connectivity index (χ0n) is 17.4. The number of nitrogens with one attached hydrogen (secondary N) is 2. The molecule has 8 heteroatoms. The number of methoxy groups -OCH3 is 1. The van der Waals surface area contributed by atoms with Crippen LogP contribution in [0.1, 0.15) is 12.0 Å². The van der Waals surface area contributed by atoms with Crippen molar-refractivity contribution < 1.29 is 18.7 Å². The van der Waals surface area contributed by atoms with E-state index in [2.05, 4.69) is 15.6 Å². The van der Waals surface area contributed by atoms with Gasteiger partial charge >= 0.3 is 0 Å². The molecule has 0 radical (unpaired) electrons. The van der Waals surface area contributed by atoms with Crippen molar-refractivity contribution in [1.29, 1.82) is 0 Å². The number of nitrogens with two attached hydrogens (primary N) is 1. The lowest BCUT2D eigenvalue weighted by Gasteiger charge is -2.17. The molecule has 0 fully saturated rings. The van der Waals surface area contributed by atoms with Gasteiger partial charge in [0.25, 0.3) is 0 Å². The maximum Gasteiger partial charge on any atom is 0.222 e. The molecule has 0 bridgehead atoms.